The molecule has 1 aliphatic heterocycles. The van der Waals surface area contributed by atoms with Crippen LogP contribution in [-0.2, 0) is 19.2 Å². The Kier molecular flexibility index (Phi) is 5.10. The van der Waals surface area contributed by atoms with Crippen LogP contribution in [0.15, 0.2) is 36.4 Å². The van der Waals surface area contributed by atoms with Crippen LogP contribution < -0.4 is 15.2 Å². The highest BCUT2D eigenvalue weighted by atomic mass is 16.7. The molecule has 0 aromatic heterocycles. The van der Waals surface area contributed by atoms with Crippen LogP contribution in [-0.4, -0.2) is 62.9 Å². The first-order chi connectivity index (χ1) is 18.1. The number of fused-ring (bicyclic) bond motifs is 4. The van der Waals surface area contributed by atoms with Crippen LogP contribution in [0, 0.1) is 23.7 Å². The fourth-order valence-corrected chi connectivity index (χ4v) is 6.22. The molecule has 6 rings (SSSR count). The fourth-order valence-electron chi connectivity index (χ4n) is 6.22. The zero-order valence-corrected chi connectivity index (χ0v) is 19.6. The maximum absolute atomic E-state index is 13.8. The maximum atomic E-state index is 13.8. The molecule has 6 unspecified atom stereocenters. The summed E-state index contributed by atoms with van der Waals surface area (Å²) in [6, 6.07) is 9.29. The van der Waals surface area contributed by atoms with Crippen molar-refractivity contribution in [1.29, 1.82) is 0 Å². The highest BCUT2D eigenvalue weighted by Gasteiger charge is 2.69. The molecule has 2 fully saturated rings. The number of aromatic hydroxyl groups is 1. The predicted octanol–water partition coefficient (Wildman–Crippen LogP) is 0.0245. The molecule has 2 saturated carbocycles. The smallest absolute Gasteiger partial charge is 0.235 e. The number of phenols is 1. The van der Waals surface area contributed by atoms with Crippen LogP contribution in [0.5, 0.6) is 17.2 Å². The van der Waals surface area contributed by atoms with E-state index in [4.69, 9.17) is 15.2 Å². The van der Waals surface area contributed by atoms with Gasteiger partial charge in [-0.3, -0.25) is 24.0 Å². The van der Waals surface area contributed by atoms with E-state index in [1.807, 2.05) is 0 Å². The van der Waals surface area contributed by atoms with E-state index in [1.165, 1.54) is 12.1 Å². The molecule has 2 aromatic rings. The van der Waals surface area contributed by atoms with Gasteiger partial charge in [0.1, 0.15) is 5.75 Å². The van der Waals surface area contributed by atoms with Crippen LogP contribution in [0.25, 0.3) is 11.6 Å². The molecule has 0 radical (unpaired) electrons. The lowest BCUT2D eigenvalue weighted by Gasteiger charge is -2.51. The van der Waals surface area contributed by atoms with Crippen LogP contribution in [0.4, 0.5) is 0 Å². The first kappa shape index (κ1) is 24.0. The van der Waals surface area contributed by atoms with Crippen LogP contribution in [0.1, 0.15) is 27.9 Å². The number of ketones is 4. The van der Waals surface area contributed by atoms with E-state index in [2.05, 4.69) is 0 Å². The highest BCUT2D eigenvalue weighted by Crippen LogP contribution is 2.54. The van der Waals surface area contributed by atoms with Crippen molar-refractivity contribution in [3.8, 4) is 17.2 Å². The number of phenolic OH excluding ortho intramolecular Hbond substituents is 1. The lowest BCUT2D eigenvalue weighted by atomic mass is 9.51. The summed E-state index contributed by atoms with van der Waals surface area (Å²) in [5.74, 6) is -12.1. The van der Waals surface area contributed by atoms with Crippen LogP contribution in [0.3, 0.4) is 0 Å². The third kappa shape index (κ3) is 3.06. The lowest BCUT2D eigenvalue weighted by molar-refractivity contribution is -0.185. The Morgan fingerprint density at radius 3 is 2.53 bits per heavy atom. The van der Waals surface area contributed by atoms with Gasteiger partial charge < -0.3 is 30.5 Å². The number of aliphatic hydroxyl groups is 2. The van der Waals surface area contributed by atoms with Gasteiger partial charge in [-0.25, -0.2) is 0 Å². The molecule has 5 N–H and O–H groups in total. The summed E-state index contributed by atoms with van der Waals surface area (Å²) in [4.78, 5) is 65.1. The molecular weight excluding hydrogens is 498 g/mol. The number of rotatable bonds is 2. The first-order valence-electron chi connectivity index (χ1n) is 11.8. The second kappa shape index (κ2) is 8.07. The maximum Gasteiger partial charge on any atom is 0.235 e. The Morgan fingerprint density at radius 2 is 1.79 bits per heavy atom. The number of primary amides is 1. The average molecular weight is 519 g/mol. The van der Waals surface area contributed by atoms with Crippen molar-refractivity contribution in [2.45, 2.75) is 18.1 Å². The minimum Gasteiger partial charge on any atom is -0.507 e. The van der Waals surface area contributed by atoms with Gasteiger partial charge in [0.25, 0.3) is 0 Å². The zero-order valence-electron chi connectivity index (χ0n) is 19.6. The van der Waals surface area contributed by atoms with Crippen molar-refractivity contribution in [3.63, 3.8) is 0 Å². The lowest BCUT2D eigenvalue weighted by Crippen LogP contribution is -2.72. The molecule has 38 heavy (non-hydrogen) atoms. The molecule has 4 aliphatic rings. The average Bonchev–Trinajstić information content (AvgIpc) is 3.34. The molecule has 3 aliphatic carbocycles. The van der Waals surface area contributed by atoms with Crippen LogP contribution in [0.2, 0.25) is 0 Å². The molecule has 194 valence electrons. The van der Waals surface area contributed by atoms with Crippen molar-refractivity contribution >= 4 is 40.7 Å². The van der Waals surface area contributed by atoms with E-state index in [9.17, 15) is 39.3 Å². The molecule has 0 saturated heterocycles. The number of carbonyl (C=O) groups excluding carboxylic acids is 5. The van der Waals surface area contributed by atoms with E-state index >= 15 is 0 Å². The van der Waals surface area contributed by atoms with Crippen molar-refractivity contribution in [1.82, 2.24) is 0 Å². The Bertz CT molecular complexity index is 1510. The van der Waals surface area contributed by atoms with E-state index in [0.717, 1.165) is 0 Å². The number of hydrogen-bond acceptors (Lipinski definition) is 10. The summed E-state index contributed by atoms with van der Waals surface area (Å²) in [6.07, 6.45) is -0.794. The molecule has 1 amide bonds. The number of hydrogen-bond donors (Lipinski definition) is 4. The Balaban J connectivity index is 1.56. The third-order valence-electron chi connectivity index (χ3n) is 7.96. The molecule has 0 bridgehead atoms. The Hall–Kier alpha value is -4.35. The van der Waals surface area contributed by atoms with E-state index in [-0.39, 0.29) is 23.5 Å². The molecule has 11 heteroatoms. The zero-order chi connectivity index (χ0) is 27.1. The molecule has 2 aromatic carbocycles. The number of Topliss-reactive ketones (excluding diaryl/α,β-unsaturated/α-hetero) is 4. The standard InChI is InChI=1S/C27H21NO10/c28-26(35)20-15(30)8-13-22(31)19-12(6-10-4-5-16-17(7-10)38-9-37-16)11-2-1-3-14(29)18(11)23(32)21(19)25(34)27(13,36)24(20)33/h1-7,13,19-22,29,31,36H,8-9H2,(H2,28,35)/b12-6+. The molecule has 1 heterocycles. The summed E-state index contributed by atoms with van der Waals surface area (Å²) in [6.45, 7) is 0.0348. The van der Waals surface area contributed by atoms with Crippen molar-refractivity contribution in [2.24, 2.45) is 29.4 Å². The van der Waals surface area contributed by atoms with Crippen molar-refractivity contribution in [3.05, 3.63) is 53.1 Å². The van der Waals surface area contributed by atoms with Crippen LogP contribution >= 0.6 is 0 Å². The summed E-state index contributed by atoms with van der Waals surface area (Å²) < 4.78 is 10.8. The number of amides is 1. The number of benzene rings is 2. The summed E-state index contributed by atoms with van der Waals surface area (Å²) in [5, 5.41) is 33.5. The topological polar surface area (TPSA) is 191 Å². The van der Waals surface area contributed by atoms with Gasteiger partial charge in [-0.2, -0.15) is 0 Å². The molecule has 11 nitrogen and oxygen atoms in total. The minimum absolute atomic E-state index is 0.0348. The quantitative estimate of drug-likeness (QED) is 0.394. The summed E-state index contributed by atoms with van der Waals surface area (Å²) >= 11 is 0. The van der Waals surface area contributed by atoms with E-state index < -0.39 is 76.6 Å². The number of aliphatic hydroxyl groups excluding tert-OH is 1. The van der Waals surface area contributed by atoms with Gasteiger partial charge in [0.15, 0.2) is 46.2 Å². The number of carbonyl (C=O) groups is 5. The van der Waals surface area contributed by atoms with Crippen molar-refractivity contribution < 1.29 is 48.8 Å². The third-order valence-corrected chi connectivity index (χ3v) is 7.96. The predicted molar refractivity (Wildman–Crippen MR) is 127 cm³/mol. The first-order valence-corrected chi connectivity index (χ1v) is 11.8. The minimum atomic E-state index is -2.99. The van der Waals surface area contributed by atoms with Gasteiger partial charge in [0, 0.05) is 18.3 Å². The Labute approximate surface area is 214 Å². The monoisotopic (exact) mass is 519 g/mol. The summed E-state index contributed by atoms with van der Waals surface area (Å²) in [7, 11) is 0. The highest BCUT2D eigenvalue weighted by molar-refractivity contribution is 6.32. The van der Waals surface area contributed by atoms with Gasteiger partial charge in [-0.1, -0.05) is 24.3 Å². The van der Waals surface area contributed by atoms with Crippen molar-refractivity contribution in [2.75, 3.05) is 6.79 Å². The molecular formula is C27H21NO10. The number of nitrogens with two attached hydrogens (primary N) is 1. The largest absolute Gasteiger partial charge is 0.507 e. The molecule has 6 atom stereocenters. The normalized spacial score (nSPS) is 32.6. The van der Waals surface area contributed by atoms with Gasteiger partial charge in [-0.05, 0) is 34.9 Å². The van der Waals surface area contributed by atoms with Gasteiger partial charge in [-0.15, -0.1) is 0 Å². The van der Waals surface area contributed by atoms with Gasteiger partial charge in [0.05, 0.1) is 17.6 Å². The molecule has 0 spiro atoms. The van der Waals surface area contributed by atoms with Gasteiger partial charge >= 0.3 is 0 Å². The van der Waals surface area contributed by atoms with Gasteiger partial charge in [0.2, 0.25) is 12.7 Å². The van der Waals surface area contributed by atoms with E-state index in [1.54, 1.807) is 30.3 Å². The second-order valence-electron chi connectivity index (χ2n) is 9.88. The van der Waals surface area contributed by atoms with E-state index in [0.29, 0.717) is 17.1 Å². The second-order valence-corrected chi connectivity index (χ2v) is 9.88. The Morgan fingerprint density at radius 1 is 1.05 bits per heavy atom. The fraction of sp³-hybridized carbons (Fsp3) is 0.296. The number of ether oxygens (including phenoxy) is 2. The summed E-state index contributed by atoms with van der Waals surface area (Å²) in [5.41, 5.74) is 3.07. The SMILES string of the molecule is NC(=O)C1C(=O)CC2C(O)C3/C(=C/c4ccc5c(c4)OCO5)c4cccc(O)c4C(=O)C3C(=O)C2(O)C1=O.